The largest absolute Gasteiger partial charge is 0.223 e. The van der Waals surface area contributed by atoms with Crippen LogP contribution in [0.5, 0.6) is 0 Å². The van der Waals surface area contributed by atoms with Crippen molar-refractivity contribution in [2.24, 2.45) is 0 Å². The molecule has 1 aromatic heterocycles. The van der Waals surface area contributed by atoms with E-state index in [4.69, 9.17) is 11.6 Å². The third-order valence-electron chi connectivity index (χ3n) is 4.68. The molecular formula is C20H19ClN2. The second-order valence-electron chi connectivity index (χ2n) is 6.17. The van der Waals surface area contributed by atoms with Crippen molar-refractivity contribution in [3.63, 3.8) is 0 Å². The minimum absolute atomic E-state index is 0.348. The lowest BCUT2D eigenvalue weighted by molar-refractivity contribution is 0.898. The lowest BCUT2D eigenvalue weighted by atomic mass is 9.88. The Balaban J connectivity index is 1.75. The Bertz CT molecular complexity index is 885. The Morgan fingerprint density at radius 2 is 1.57 bits per heavy atom. The predicted octanol–water partition coefficient (Wildman–Crippen LogP) is 3.86. The smallest absolute Gasteiger partial charge is 0.218 e. The van der Waals surface area contributed by atoms with Crippen molar-refractivity contribution in [1.82, 2.24) is 9.97 Å². The van der Waals surface area contributed by atoms with Crippen molar-refractivity contribution in [3.8, 4) is 0 Å². The Morgan fingerprint density at radius 3 is 2.35 bits per heavy atom. The molecule has 0 unspecified atom stereocenters. The van der Waals surface area contributed by atoms with Crippen molar-refractivity contribution in [2.45, 2.75) is 38.5 Å². The molecule has 1 heterocycles. The van der Waals surface area contributed by atoms with E-state index in [0.717, 1.165) is 54.8 Å². The second kappa shape index (κ2) is 6.29. The van der Waals surface area contributed by atoms with Crippen molar-refractivity contribution < 1.29 is 0 Å². The molecule has 0 amide bonds. The molecule has 0 N–H and O–H groups in total. The van der Waals surface area contributed by atoms with Crippen molar-refractivity contribution in [3.05, 3.63) is 63.1 Å². The van der Waals surface area contributed by atoms with Gasteiger partial charge in [0.1, 0.15) is 0 Å². The minimum atomic E-state index is 0.348. The topological polar surface area (TPSA) is 25.8 Å². The summed E-state index contributed by atoms with van der Waals surface area (Å²) in [7, 11) is 0. The van der Waals surface area contributed by atoms with Gasteiger partial charge in [0.25, 0.3) is 0 Å². The van der Waals surface area contributed by atoms with Crippen LogP contribution in [0.25, 0.3) is 17.7 Å². The Labute approximate surface area is 141 Å². The fraction of sp³-hybridized carbons (Fsp3) is 0.300. The highest BCUT2D eigenvalue weighted by molar-refractivity contribution is 6.28. The standard InChI is InChI=1S/C20H19ClN2/c21-20-22-18-9-5-4-8-17(18)19(23-20)16-12-10-15(11-13-16)14-6-2-1-3-7-14/h1-2,6,8-10,12H,3-5,7,11,13H2. The zero-order valence-electron chi connectivity index (χ0n) is 13.1. The summed E-state index contributed by atoms with van der Waals surface area (Å²) >= 11 is 6.14. The highest BCUT2D eigenvalue weighted by Crippen LogP contribution is 2.31. The number of nitrogens with zero attached hydrogens (tertiary/aromatic N) is 2. The number of fused-ring (bicyclic) bond motifs is 1. The average Bonchev–Trinajstić information content (AvgIpc) is 2.62. The molecule has 0 saturated heterocycles. The summed E-state index contributed by atoms with van der Waals surface area (Å²) in [6.45, 7) is 0. The molecule has 3 aliphatic carbocycles. The van der Waals surface area contributed by atoms with Crippen LogP contribution in [0, 0.1) is 0 Å². The number of hydrogen-bond acceptors (Lipinski definition) is 2. The summed E-state index contributed by atoms with van der Waals surface area (Å²) in [5, 5.41) is 2.49. The SMILES string of the molecule is Clc1nc(C2=CC=C(C3=CC=CCC3)CC2)c2c(n1)=CCCC=2. The van der Waals surface area contributed by atoms with Gasteiger partial charge < -0.3 is 0 Å². The number of allylic oxidation sites excluding steroid dienone is 8. The summed E-state index contributed by atoms with van der Waals surface area (Å²) in [6, 6.07) is 0. The lowest BCUT2D eigenvalue weighted by Crippen LogP contribution is -2.34. The Hall–Kier alpha value is -1.93. The number of aromatic nitrogens is 2. The number of halogens is 1. The van der Waals surface area contributed by atoms with Crippen molar-refractivity contribution in [1.29, 1.82) is 0 Å². The van der Waals surface area contributed by atoms with Gasteiger partial charge in [-0.25, -0.2) is 9.97 Å². The molecule has 0 bridgehead atoms. The Morgan fingerprint density at radius 1 is 0.783 bits per heavy atom. The predicted molar refractivity (Wildman–Crippen MR) is 96.2 cm³/mol. The lowest BCUT2D eigenvalue weighted by Gasteiger charge is -2.18. The van der Waals surface area contributed by atoms with Crippen LogP contribution < -0.4 is 10.6 Å². The van der Waals surface area contributed by atoms with Gasteiger partial charge in [0.05, 0.1) is 11.0 Å². The molecule has 0 aromatic carbocycles. The molecule has 3 aliphatic rings. The normalized spacial score (nSPS) is 19.8. The summed E-state index contributed by atoms with van der Waals surface area (Å²) in [6.07, 6.45) is 22.0. The molecule has 1 aromatic rings. The maximum Gasteiger partial charge on any atom is 0.223 e. The average molecular weight is 323 g/mol. The van der Waals surface area contributed by atoms with E-state index in [9.17, 15) is 0 Å². The number of hydrogen-bond donors (Lipinski definition) is 0. The molecule has 4 rings (SSSR count). The fourth-order valence-corrected chi connectivity index (χ4v) is 3.66. The summed E-state index contributed by atoms with van der Waals surface area (Å²) in [5.74, 6) is 0. The highest BCUT2D eigenvalue weighted by atomic mass is 35.5. The van der Waals surface area contributed by atoms with Crippen molar-refractivity contribution >= 4 is 29.3 Å². The maximum atomic E-state index is 6.14. The molecule has 2 nitrogen and oxygen atoms in total. The van der Waals surface area contributed by atoms with E-state index < -0.39 is 0 Å². The maximum absolute atomic E-state index is 6.14. The molecule has 0 aliphatic heterocycles. The monoisotopic (exact) mass is 322 g/mol. The summed E-state index contributed by atoms with van der Waals surface area (Å²) < 4.78 is 0. The summed E-state index contributed by atoms with van der Waals surface area (Å²) in [4.78, 5) is 8.89. The van der Waals surface area contributed by atoms with Gasteiger partial charge in [-0.05, 0) is 66.8 Å². The van der Waals surface area contributed by atoms with Crippen LogP contribution in [0.4, 0.5) is 0 Å². The van der Waals surface area contributed by atoms with E-state index in [0.29, 0.717) is 5.28 Å². The van der Waals surface area contributed by atoms with Crippen LogP contribution in [-0.2, 0) is 0 Å². The first-order valence-electron chi connectivity index (χ1n) is 8.31. The van der Waals surface area contributed by atoms with Gasteiger partial charge >= 0.3 is 0 Å². The van der Waals surface area contributed by atoms with Gasteiger partial charge in [0, 0.05) is 5.22 Å². The van der Waals surface area contributed by atoms with E-state index in [-0.39, 0.29) is 0 Å². The van der Waals surface area contributed by atoms with Gasteiger partial charge in [0.2, 0.25) is 5.28 Å². The minimum Gasteiger partial charge on any atom is -0.218 e. The van der Waals surface area contributed by atoms with E-state index in [1.807, 2.05) is 0 Å². The first-order valence-corrected chi connectivity index (χ1v) is 8.69. The van der Waals surface area contributed by atoms with E-state index in [1.54, 1.807) is 0 Å². The molecule has 0 spiro atoms. The Kier molecular flexibility index (Phi) is 4.00. The summed E-state index contributed by atoms with van der Waals surface area (Å²) in [5.41, 5.74) is 5.23. The van der Waals surface area contributed by atoms with Gasteiger partial charge in [-0.1, -0.05) is 42.5 Å². The van der Waals surface area contributed by atoms with Crippen LogP contribution in [0.2, 0.25) is 5.28 Å². The second-order valence-corrected chi connectivity index (χ2v) is 6.51. The third-order valence-corrected chi connectivity index (χ3v) is 4.85. The van der Waals surface area contributed by atoms with Gasteiger partial charge in [0.15, 0.2) is 0 Å². The van der Waals surface area contributed by atoms with Gasteiger partial charge in [-0.2, -0.15) is 0 Å². The number of rotatable bonds is 2. The van der Waals surface area contributed by atoms with Crippen LogP contribution in [0.3, 0.4) is 0 Å². The molecule has 116 valence electrons. The quantitative estimate of drug-likeness (QED) is 0.773. The van der Waals surface area contributed by atoms with Crippen LogP contribution >= 0.6 is 11.6 Å². The highest BCUT2D eigenvalue weighted by Gasteiger charge is 2.15. The van der Waals surface area contributed by atoms with Crippen LogP contribution in [0.1, 0.15) is 44.2 Å². The van der Waals surface area contributed by atoms with Gasteiger partial charge in [-0.3, -0.25) is 0 Å². The molecule has 3 heteroatoms. The van der Waals surface area contributed by atoms with Gasteiger partial charge in [-0.15, -0.1) is 0 Å². The van der Waals surface area contributed by atoms with E-state index in [1.165, 1.54) is 16.7 Å². The zero-order valence-corrected chi connectivity index (χ0v) is 13.8. The zero-order chi connectivity index (χ0) is 15.6. The molecule has 0 radical (unpaired) electrons. The molecule has 0 saturated carbocycles. The molecule has 0 atom stereocenters. The molecule has 23 heavy (non-hydrogen) atoms. The first-order chi connectivity index (χ1) is 11.3. The van der Waals surface area contributed by atoms with Crippen LogP contribution in [0.15, 0.2) is 41.5 Å². The van der Waals surface area contributed by atoms with Crippen molar-refractivity contribution in [2.75, 3.05) is 0 Å². The first kappa shape index (κ1) is 14.6. The van der Waals surface area contributed by atoms with E-state index in [2.05, 4.69) is 52.5 Å². The van der Waals surface area contributed by atoms with Crippen LogP contribution in [-0.4, -0.2) is 9.97 Å². The fourth-order valence-electron chi connectivity index (χ4n) is 3.48. The van der Waals surface area contributed by atoms with E-state index >= 15 is 0 Å². The molecule has 0 fully saturated rings. The molecular weight excluding hydrogens is 304 g/mol. The third kappa shape index (κ3) is 2.96.